The Kier molecular flexibility index (Phi) is 4.48. The minimum Gasteiger partial charge on any atom is -0.497 e. The Hall–Kier alpha value is -4.00. The molecule has 148 valence electrons. The summed E-state index contributed by atoms with van der Waals surface area (Å²) in [7, 11) is 1.62. The summed E-state index contributed by atoms with van der Waals surface area (Å²) >= 11 is 0. The molecule has 3 aromatic heterocycles. The molecule has 2 aromatic carbocycles. The van der Waals surface area contributed by atoms with Crippen molar-refractivity contribution >= 4 is 16.6 Å². The van der Waals surface area contributed by atoms with Gasteiger partial charge in [-0.15, -0.1) is 10.2 Å². The Morgan fingerprint density at radius 2 is 1.90 bits per heavy atom. The number of ether oxygens (including phenoxy) is 2. The zero-order chi connectivity index (χ0) is 20.5. The van der Waals surface area contributed by atoms with E-state index in [4.69, 9.17) is 9.47 Å². The van der Waals surface area contributed by atoms with Crippen molar-refractivity contribution in [3.8, 4) is 22.6 Å². The van der Waals surface area contributed by atoms with Gasteiger partial charge in [0.25, 0.3) is 0 Å². The van der Waals surface area contributed by atoms with Crippen LogP contribution in [0.5, 0.6) is 11.5 Å². The number of rotatable bonds is 5. The van der Waals surface area contributed by atoms with Crippen LogP contribution >= 0.6 is 0 Å². The number of hydrogen-bond donors (Lipinski definition) is 0. The molecule has 0 spiro atoms. The van der Waals surface area contributed by atoms with Crippen LogP contribution < -0.4 is 9.47 Å². The average Bonchev–Trinajstić information content (AvgIpc) is 3.19. The summed E-state index contributed by atoms with van der Waals surface area (Å²) in [5, 5.41) is 9.29. The summed E-state index contributed by atoms with van der Waals surface area (Å²) in [4.78, 5) is 4.37. The Balaban J connectivity index is 1.47. The van der Waals surface area contributed by atoms with Crippen LogP contribution in [0, 0.1) is 5.82 Å². The number of hydrogen-bond acceptors (Lipinski definition) is 5. The SMILES string of the molecule is COc1ccc2c(OCc3nnc4ccc(-c5ccccc5F)cn34)ccnc2c1. The van der Waals surface area contributed by atoms with E-state index in [0.717, 1.165) is 22.2 Å². The van der Waals surface area contributed by atoms with E-state index in [1.165, 1.54) is 6.07 Å². The normalized spacial score (nSPS) is 11.1. The van der Waals surface area contributed by atoms with Crippen LogP contribution in [0.3, 0.4) is 0 Å². The van der Waals surface area contributed by atoms with E-state index < -0.39 is 0 Å². The first kappa shape index (κ1) is 18.1. The Labute approximate surface area is 171 Å². The number of nitrogens with zero attached hydrogens (tertiary/aromatic N) is 4. The second kappa shape index (κ2) is 7.44. The Bertz CT molecular complexity index is 1370. The molecule has 6 nitrogen and oxygen atoms in total. The van der Waals surface area contributed by atoms with Gasteiger partial charge in [-0.1, -0.05) is 18.2 Å². The van der Waals surface area contributed by atoms with E-state index in [2.05, 4.69) is 15.2 Å². The van der Waals surface area contributed by atoms with E-state index in [1.54, 1.807) is 25.4 Å². The summed E-state index contributed by atoms with van der Waals surface area (Å²) < 4.78 is 27.3. The van der Waals surface area contributed by atoms with Gasteiger partial charge in [-0.25, -0.2) is 4.39 Å². The van der Waals surface area contributed by atoms with Crippen molar-refractivity contribution in [2.24, 2.45) is 0 Å². The summed E-state index contributed by atoms with van der Waals surface area (Å²) in [6.45, 7) is 0.201. The predicted molar refractivity (Wildman–Crippen MR) is 111 cm³/mol. The molecule has 5 rings (SSSR count). The molecule has 7 heteroatoms. The highest BCUT2D eigenvalue weighted by molar-refractivity contribution is 5.85. The number of benzene rings is 2. The van der Waals surface area contributed by atoms with Gasteiger partial charge in [0.1, 0.15) is 23.9 Å². The van der Waals surface area contributed by atoms with Crippen molar-refractivity contribution in [3.63, 3.8) is 0 Å². The predicted octanol–water partition coefficient (Wildman–Crippen LogP) is 4.67. The van der Waals surface area contributed by atoms with Crippen LogP contribution in [-0.4, -0.2) is 26.7 Å². The Morgan fingerprint density at radius 1 is 1.00 bits per heavy atom. The molecular formula is C23H17FN4O2. The lowest BCUT2D eigenvalue weighted by Gasteiger charge is -2.10. The van der Waals surface area contributed by atoms with Crippen LogP contribution in [0.15, 0.2) is 73.1 Å². The van der Waals surface area contributed by atoms with Crippen molar-refractivity contribution in [3.05, 3.63) is 84.7 Å². The molecule has 0 saturated heterocycles. The first-order valence-corrected chi connectivity index (χ1v) is 9.37. The lowest BCUT2D eigenvalue weighted by molar-refractivity contribution is 0.298. The van der Waals surface area contributed by atoms with E-state index in [0.29, 0.717) is 22.8 Å². The largest absolute Gasteiger partial charge is 0.497 e. The van der Waals surface area contributed by atoms with Gasteiger partial charge in [0, 0.05) is 35.0 Å². The average molecular weight is 400 g/mol. The zero-order valence-electron chi connectivity index (χ0n) is 16.1. The first-order chi connectivity index (χ1) is 14.7. The van der Waals surface area contributed by atoms with Crippen LogP contribution in [0.25, 0.3) is 27.7 Å². The monoisotopic (exact) mass is 400 g/mol. The topological polar surface area (TPSA) is 61.5 Å². The van der Waals surface area contributed by atoms with Gasteiger partial charge >= 0.3 is 0 Å². The second-order valence-corrected chi connectivity index (χ2v) is 6.72. The van der Waals surface area contributed by atoms with Crippen LogP contribution in [0.1, 0.15) is 5.82 Å². The molecule has 5 aromatic rings. The molecule has 0 radical (unpaired) electrons. The fourth-order valence-corrected chi connectivity index (χ4v) is 3.39. The summed E-state index contributed by atoms with van der Waals surface area (Å²) in [6, 6.07) is 17.8. The molecule has 0 atom stereocenters. The molecule has 0 bridgehead atoms. The molecule has 0 amide bonds. The van der Waals surface area contributed by atoms with E-state index >= 15 is 0 Å². The van der Waals surface area contributed by atoms with Crippen molar-refractivity contribution in [2.75, 3.05) is 7.11 Å². The van der Waals surface area contributed by atoms with Crippen LogP contribution in [0.4, 0.5) is 4.39 Å². The molecule has 0 fully saturated rings. The summed E-state index contributed by atoms with van der Waals surface area (Å²) in [5.74, 6) is 1.75. The van der Waals surface area contributed by atoms with Gasteiger partial charge in [0.05, 0.1) is 12.6 Å². The number of aromatic nitrogens is 4. The smallest absolute Gasteiger partial charge is 0.175 e. The van der Waals surface area contributed by atoms with E-state index in [9.17, 15) is 4.39 Å². The third-order valence-corrected chi connectivity index (χ3v) is 4.92. The van der Waals surface area contributed by atoms with Gasteiger partial charge in [-0.3, -0.25) is 9.38 Å². The maximum atomic E-state index is 14.2. The third-order valence-electron chi connectivity index (χ3n) is 4.92. The standard InChI is InChI=1S/C23H17FN4O2/c1-29-16-7-8-18-20(12-16)25-11-10-21(18)30-14-23-27-26-22-9-6-15(13-28(22)23)17-4-2-3-5-19(17)24/h2-13H,14H2,1H3. The molecule has 0 aliphatic carbocycles. The number of fused-ring (bicyclic) bond motifs is 2. The van der Waals surface area contributed by atoms with Gasteiger partial charge in [-0.2, -0.15) is 0 Å². The Morgan fingerprint density at radius 3 is 2.77 bits per heavy atom. The quantitative estimate of drug-likeness (QED) is 0.429. The molecule has 30 heavy (non-hydrogen) atoms. The number of methoxy groups -OCH3 is 1. The van der Waals surface area contributed by atoms with Gasteiger partial charge < -0.3 is 9.47 Å². The van der Waals surface area contributed by atoms with Crippen LogP contribution in [-0.2, 0) is 6.61 Å². The van der Waals surface area contributed by atoms with Gasteiger partial charge in [-0.05, 0) is 36.4 Å². The molecule has 0 aliphatic rings. The van der Waals surface area contributed by atoms with Crippen LogP contribution in [0.2, 0.25) is 0 Å². The maximum Gasteiger partial charge on any atom is 0.175 e. The molecule has 3 heterocycles. The summed E-state index contributed by atoms with van der Waals surface area (Å²) in [6.07, 6.45) is 3.51. The minimum atomic E-state index is -0.276. The number of halogens is 1. The molecule has 0 aliphatic heterocycles. The lowest BCUT2D eigenvalue weighted by Crippen LogP contribution is -2.02. The highest BCUT2D eigenvalue weighted by atomic mass is 19.1. The fourth-order valence-electron chi connectivity index (χ4n) is 3.39. The molecule has 0 unspecified atom stereocenters. The van der Waals surface area contributed by atoms with Crippen molar-refractivity contribution in [1.29, 1.82) is 0 Å². The minimum absolute atomic E-state index is 0.201. The molecule has 0 saturated carbocycles. The van der Waals surface area contributed by atoms with Crippen molar-refractivity contribution in [1.82, 2.24) is 19.6 Å². The van der Waals surface area contributed by atoms with E-state index in [-0.39, 0.29) is 12.4 Å². The van der Waals surface area contributed by atoms with Gasteiger partial charge in [0.2, 0.25) is 0 Å². The van der Waals surface area contributed by atoms with E-state index in [1.807, 2.05) is 53.1 Å². The maximum absolute atomic E-state index is 14.2. The number of pyridine rings is 2. The third kappa shape index (κ3) is 3.20. The highest BCUT2D eigenvalue weighted by Gasteiger charge is 2.11. The first-order valence-electron chi connectivity index (χ1n) is 9.37. The van der Waals surface area contributed by atoms with Gasteiger partial charge in [0.15, 0.2) is 11.5 Å². The summed E-state index contributed by atoms with van der Waals surface area (Å²) in [5.41, 5.74) is 2.70. The zero-order valence-corrected chi connectivity index (χ0v) is 16.1. The highest BCUT2D eigenvalue weighted by Crippen LogP contribution is 2.28. The molecule has 0 N–H and O–H groups in total. The fraction of sp³-hybridized carbons (Fsp3) is 0.0870. The second-order valence-electron chi connectivity index (χ2n) is 6.72. The lowest BCUT2D eigenvalue weighted by atomic mass is 10.1. The van der Waals surface area contributed by atoms with Crippen molar-refractivity contribution in [2.45, 2.75) is 6.61 Å². The van der Waals surface area contributed by atoms with Crippen molar-refractivity contribution < 1.29 is 13.9 Å². The molecular weight excluding hydrogens is 383 g/mol.